The Morgan fingerprint density at radius 3 is 2.80 bits per heavy atom. The molecule has 1 saturated carbocycles. The third kappa shape index (κ3) is 2.08. The van der Waals surface area contributed by atoms with Crippen molar-refractivity contribution >= 4 is 33.0 Å². The first-order valence-corrected chi connectivity index (χ1v) is 7.97. The number of nitrogens with one attached hydrogen (secondary N) is 1. The first-order valence-electron chi connectivity index (χ1n) is 7.16. The number of nitrogen functional groups attached to an aromatic ring is 1. The molecule has 1 aliphatic rings. The number of hydrogen-bond acceptors (Lipinski definition) is 3. The SMILES string of the molecule is CCC1(NC(=O)c2sc3ccc(C)cc3c2N)CCC1. The van der Waals surface area contributed by atoms with Crippen molar-refractivity contribution in [3.05, 3.63) is 28.6 Å². The van der Waals surface area contributed by atoms with Crippen molar-refractivity contribution in [3.8, 4) is 0 Å². The fourth-order valence-corrected chi connectivity index (χ4v) is 3.87. The van der Waals surface area contributed by atoms with Gasteiger partial charge in [-0.15, -0.1) is 11.3 Å². The molecule has 0 radical (unpaired) electrons. The summed E-state index contributed by atoms with van der Waals surface area (Å²) in [5.41, 5.74) is 7.97. The average molecular weight is 288 g/mol. The lowest BCUT2D eigenvalue weighted by atomic mass is 9.75. The van der Waals surface area contributed by atoms with Crippen LogP contribution in [-0.4, -0.2) is 11.4 Å². The number of carbonyl (C=O) groups excluding carboxylic acids is 1. The summed E-state index contributed by atoms with van der Waals surface area (Å²) in [5.74, 6) is -0.0112. The molecule has 3 nitrogen and oxygen atoms in total. The summed E-state index contributed by atoms with van der Waals surface area (Å²) in [5, 5.41) is 4.20. The molecule has 4 heteroatoms. The summed E-state index contributed by atoms with van der Waals surface area (Å²) >= 11 is 1.49. The molecule has 20 heavy (non-hydrogen) atoms. The van der Waals surface area contributed by atoms with Crippen molar-refractivity contribution in [1.82, 2.24) is 5.32 Å². The van der Waals surface area contributed by atoms with Crippen molar-refractivity contribution < 1.29 is 4.79 Å². The predicted molar refractivity (Wildman–Crippen MR) is 85.3 cm³/mol. The Hall–Kier alpha value is -1.55. The average Bonchev–Trinajstić information content (AvgIpc) is 2.71. The van der Waals surface area contributed by atoms with E-state index < -0.39 is 0 Å². The predicted octanol–water partition coefficient (Wildman–Crippen LogP) is 3.85. The van der Waals surface area contributed by atoms with E-state index in [1.807, 2.05) is 13.0 Å². The lowest BCUT2D eigenvalue weighted by molar-refractivity contribution is 0.0825. The molecule has 0 bridgehead atoms. The molecule has 0 saturated heterocycles. The van der Waals surface area contributed by atoms with Crippen LogP contribution in [0.15, 0.2) is 18.2 Å². The maximum atomic E-state index is 12.5. The van der Waals surface area contributed by atoms with Gasteiger partial charge in [0.15, 0.2) is 0 Å². The smallest absolute Gasteiger partial charge is 0.263 e. The van der Waals surface area contributed by atoms with Gasteiger partial charge < -0.3 is 11.1 Å². The molecule has 0 atom stereocenters. The van der Waals surface area contributed by atoms with Crippen LogP contribution in [0.5, 0.6) is 0 Å². The van der Waals surface area contributed by atoms with Gasteiger partial charge in [0.2, 0.25) is 0 Å². The fraction of sp³-hybridized carbons (Fsp3) is 0.438. The van der Waals surface area contributed by atoms with E-state index in [1.54, 1.807) is 0 Å². The Balaban J connectivity index is 1.93. The molecule has 1 aromatic heterocycles. The molecule has 1 heterocycles. The minimum absolute atomic E-state index is 0.00954. The highest BCUT2D eigenvalue weighted by molar-refractivity contribution is 7.21. The number of carbonyl (C=O) groups is 1. The van der Waals surface area contributed by atoms with Crippen LogP contribution in [0.25, 0.3) is 10.1 Å². The van der Waals surface area contributed by atoms with Crippen LogP contribution < -0.4 is 11.1 Å². The molecule has 1 aromatic carbocycles. The number of hydrogen-bond donors (Lipinski definition) is 2. The van der Waals surface area contributed by atoms with E-state index >= 15 is 0 Å². The highest BCUT2D eigenvalue weighted by Crippen LogP contribution is 2.38. The number of rotatable bonds is 3. The largest absolute Gasteiger partial charge is 0.397 e. The number of amides is 1. The van der Waals surface area contributed by atoms with Crippen LogP contribution in [0.4, 0.5) is 5.69 Å². The Kier molecular flexibility index (Phi) is 3.21. The summed E-state index contributed by atoms with van der Waals surface area (Å²) in [7, 11) is 0. The number of thiophene rings is 1. The van der Waals surface area contributed by atoms with E-state index in [-0.39, 0.29) is 11.4 Å². The molecule has 3 N–H and O–H groups in total. The van der Waals surface area contributed by atoms with Gasteiger partial charge in [-0.2, -0.15) is 0 Å². The number of fused-ring (bicyclic) bond motifs is 1. The molecular weight excluding hydrogens is 268 g/mol. The molecule has 1 amide bonds. The lowest BCUT2D eigenvalue weighted by Gasteiger charge is -2.41. The molecule has 1 aliphatic carbocycles. The summed E-state index contributed by atoms with van der Waals surface area (Å²) in [6, 6.07) is 6.15. The van der Waals surface area contributed by atoms with Gasteiger partial charge in [0.1, 0.15) is 4.88 Å². The maximum absolute atomic E-state index is 12.5. The van der Waals surface area contributed by atoms with E-state index in [2.05, 4.69) is 24.4 Å². The summed E-state index contributed by atoms with van der Waals surface area (Å²) in [6.45, 7) is 4.17. The summed E-state index contributed by atoms with van der Waals surface area (Å²) < 4.78 is 1.08. The van der Waals surface area contributed by atoms with Gasteiger partial charge in [0, 0.05) is 15.6 Å². The Morgan fingerprint density at radius 2 is 2.20 bits per heavy atom. The highest BCUT2D eigenvalue weighted by Gasteiger charge is 2.37. The highest BCUT2D eigenvalue weighted by atomic mass is 32.1. The first-order chi connectivity index (χ1) is 9.54. The van der Waals surface area contributed by atoms with Crippen molar-refractivity contribution in [2.24, 2.45) is 0 Å². The summed E-state index contributed by atoms with van der Waals surface area (Å²) in [6.07, 6.45) is 4.36. The van der Waals surface area contributed by atoms with E-state index in [1.165, 1.54) is 17.8 Å². The van der Waals surface area contributed by atoms with Crippen molar-refractivity contribution in [1.29, 1.82) is 0 Å². The third-order valence-corrected chi connectivity index (χ3v) is 5.64. The molecular formula is C16H20N2OS. The second-order valence-electron chi connectivity index (χ2n) is 5.79. The molecule has 2 aromatic rings. The zero-order valence-corrected chi connectivity index (χ0v) is 12.8. The van der Waals surface area contributed by atoms with Crippen molar-refractivity contribution in [2.45, 2.75) is 45.1 Å². The van der Waals surface area contributed by atoms with Gasteiger partial charge in [-0.05, 0) is 44.7 Å². The number of anilines is 1. The minimum atomic E-state index is -0.0112. The number of benzene rings is 1. The first kappa shape index (κ1) is 13.4. The molecule has 0 aliphatic heterocycles. The van der Waals surface area contributed by atoms with Gasteiger partial charge >= 0.3 is 0 Å². The normalized spacial score (nSPS) is 16.9. The van der Waals surface area contributed by atoms with Crippen LogP contribution in [0.1, 0.15) is 47.8 Å². The van der Waals surface area contributed by atoms with Gasteiger partial charge in [0.25, 0.3) is 5.91 Å². The third-order valence-electron chi connectivity index (χ3n) is 4.45. The second-order valence-corrected chi connectivity index (χ2v) is 6.84. The molecule has 3 rings (SSSR count). The molecule has 1 fully saturated rings. The van der Waals surface area contributed by atoms with Crippen LogP contribution >= 0.6 is 11.3 Å². The van der Waals surface area contributed by atoms with E-state index in [0.29, 0.717) is 10.6 Å². The van der Waals surface area contributed by atoms with Crippen molar-refractivity contribution in [2.75, 3.05) is 5.73 Å². The maximum Gasteiger partial charge on any atom is 0.263 e. The zero-order chi connectivity index (χ0) is 14.3. The van der Waals surface area contributed by atoms with Crippen LogP contribution in [0.3, 0.4) is 0 Å². The standard InChI is InChI=1S/C16H20N2OS/c1-3-16(7-4-8-16)18-15(19)14-13(17)11-9-10(2)5-6-12(11)20-14/h5-6,9H,3-4,7-8,17H2,1-2H3,(H,18,19). The quantitative estimate of drug-likeness (QED) is 0.901. The van der Waals surface area contributed by atoms with Crippen LogP contribution in [0, 0.1) is 6.92 Å². The van der Waals surface area contributed by atoms with Gasteiger partial charge in [-0.25, -0.2) is 0 Å². The van der Waals surface area contributed by atoms with Gasteiger partial charge in [0.05, 0.1) is 5.69 Å². The molecule has 0 unspecified atom stereocenters. The fourth-order valence-electron chi connectivity index (χ4n) is 2.87. The van der Waals surface area contributed by atoms with Crippen LogP contribution in [0.2, 0.25) is 0 Å². The van der Waals surface area contributed by atoms with E-state index in [0.717, 1.165) is 34.9 Å². The number of nitrogens with two attached hydrogens (primary N) is 1. The van der Waals surface area contributed by atoms with Gasteiger partial charge in [-0.1, -0.05) is 18.6 Å². The topological polar surface area (TPSA) is 55.1 Å². The van der Waals surface area contributed by atoms with E-state index in [4.69, 9.17) is 5.73 Å². The minimum Gasteiger partial charge on any atom is -0.397 e. The second kappa shape index (κ2) is 4.77. The Labute approximate surface area is 123 Å². The molecule has 106 valence electrons. The van der Waals surface area contributed by atoms with Crippen LogP contribution in [-0.2, 0) is 0 Å². The number of aryl methyl sites for hydroxylation is 1. The Morgan fingerprint density at radius 1 is 1.45 bits per heavy atom. The monoisotopic (exact) mass is 288 g/mol. The van der Waals surface area contributed by atoms with Gasteiger partial charge in [-0.3, -0.25) is 4.79 Å². The van der Waals surface area contributed by atoms with Crippen molar-refractivity contribution in [3.63, 3.8) is 0 Å². The zero-order valence-electron chi connectivity index (χ0n) is 12.0. The Bertz CT molecular complexity index is 665. The lowest BCUT2D eigenvalue weighted by Crippen LogP contribution is -2.52. The van der Waals surface area contributed by atoms with E-state index in [9.17, 15) is 4.79 Å². The molecule has 0 spiro atoms. The summed E-state index contributed by atoms with van der Waals surface area (Å²) in [4.78, 5) is 13.2.